The van der Waals surface area contributed by atoms with E-state index < -0.39 is 6.10 Å². The number of thiophene rings is 1. The predicted molar refractivity (Wildman–Crippen MR) is 74.7 cm³/mol. The number of aliphatic hydroxyl groups is 1. The SMILES string of the molecule is OC(Cc1cccs1)c1cncc2ccccc12. The van der Waals surface area contributed by atoms with Gasteiger partial charge in [0.15, 0.2) is 0 Å². The first-order valence-corrected chi connectivity index (χ1v) is 6.75. The van der Waals surface area contributed by atoms with E-state index >= 15 is 0 Å². The highest BCUT2D eigenvalue weighted by molar-refractivity contribution is 7.09. The number of pyridine rings is 1. The summed E-state index contributed by atoms with van der Waals surface area (Å²) in [7, 11) is 0. The van der Waals surface area contributed by atoms with E-state index in [4.69, 9.17) is 0 Å². The third-order valence-electron chi connectivity index (χ3n) is 3.03. The number of nitrogens with zero attached hydrogens (tertiary/aromatic N) is 1. The van der Waals surface area contributed by atoms with Crippen molar-refractivity contribution in [3.8, 4) is 0 Å². The van der Waals surface area contributed by atoms with Gasteiger partial charge in [-0.2, -0.15) is 0 Å². The molecule has 0 amide bonds. The molecule has 0 aliphatic heterocycles. The van der Waals surface area contributed by atoms with Gasteiger partial charge in [0.25, 0.3) is 0 Å². The number of hydrogen-bond donors (Lipinski definition) is 1. The van der Waals surface area contributed by atoms with Gasteiger partial charge in [-0.25, -0.2) is 0 Å². The van der Waals surface area contributed by atoms with Crippen LogP contribution in [0.4, 0.5) is 0 Å². The fourth-order valence-electron chi connectivity index (χ4n) is 2.13. The van der Waals surface area contributed by atoms with Gasteiger partial charge < -0.3 is 5.11 Å². The number of benzene rings is 1. The van der Waals surface area contributed by atoms with Crippen LogP contribution in [-0.2, 0) is 6.42 Å². The highest BCUT2D eigenvalue weighted by atomic mass is 32.1. The molecule has 2 nitrogen and oxygen atoms in total. The van der Waals surface area contributed by atoms with Crippen LogP contribution in [0, 0.1) is 0 Å². The van der Waals surface area contributed by atoms with E-state index in [9.17, 15) is 5.11 Å². The molecule has 0 aliphatic rings. The lowest BCUT2D eigenvalue weighted by Crippen LogP contribution is -2.02. The third-order valence-corrected chi connectivity index (χ3v) is 3.93. The van der Waals surface area contributed by atoms with Crippen molar-refractivity contribution in [3.63, 3.8) is 0 Å². The molecule has 1 aromatic carbocycles. The van der Waals surface area contributed by atoms with Crippen LogP contribution in [0.5, 0.6) is 0 Å². The standard InChI is InChI=1S/C15H13NOS/c17-15(8-12-5-3-7-18-12)14-10-16-9-11-4-1-2-6-13(11)14/h1-7,9-10,15,17H,8H2. The van der Waals surface area contributed by atoms with Crippen LogP contribution in [0.1, 0.15) is 16.5 Å². The van der Waals surface area contributed by atoms with Crippen molar-refractivity contribution in [2.24, 2.45) is 0 Å². The van der Waals surface area contributed by atoms with E-state index in [2.05, 4.69) is 4.98 Å². The zero-order chi connectivity index (χ0) is 12.4. The van der Waals surface area contributed by atoms with Crippen molar-refractivity contribution in [1.29, 1.82) is 0 Å². The van der Waals surface area contributed by atoms with Crippen molar-refractivity contribution in [1.82, 2.24) is 4.98 Å². The third kappa shape index (κ3) is 2.15. The summed E-state index contributed by atoms with van der Waals surface area (Å²) in [4.78, 5) is 5.40. The smallest absolute Gasteiger partial charge is 0.0859 e. The fourth-order valence-corrected chi connectivity index (χ4v) is 2.88. The summed E-state index contributed by atoms with van der Waals surface area (Å²) in [5, 5.41) is 14.5. The Bertz CT molecular complexity index is 643. The molecular weight excluding hydrogens is 242 g/mol. The average Bonchev–Trinajstić information content (AvgIpc) is 2.91. The molecule has 0 fully saturated rings. The van der Waals surface area contributed by atoms with Crippen LogP contribution in [0.3, 0.4) is 0 Å². The number of rotatable bonds is 3. The summed E-state index contributed by atoms with van der Waals surface area (Å²) in [6.45, 7) is 0. The van der Waals surface area contributed by atoms with Crippen LogP contribution in [0.2, 0.25) is 0 Å². The summed E-state index contributed by atoms with van der Waals surface area (Å²) in [5.74, 6) is 0. The van der Waals surface area contributed by atoms with Gasteiger partial charge in [0, 0.05) is 34.6 Å². The Morgan fingerprint density at radius 3 is 2.83 bits per heavy atom. The second kappa shape index (κ2) is 4.88. The molecule has 1 N–H and O–H groups in total. The molecule has 3 aromatic rings. The molecule has 0 radical (unpaired) electrons. The molecule has 1 unspecified atom stereocenters. The summed E-state index contributed by atoms with van der Waals surface area (Å²) in [6, 6.07) is 12.1. The first-order valence-electron chi connectivity index (χ1n) is 5.87. The van der Waals surface area contributed by atoms with E-state index in [0.717, 1.165) is 16.3 Å². The van der Waals surface area contributed by atoms with E-state index in [0.29, 0.717) is 6.42 Å². The molecule has 3 heteroatoms. The van der Waals surface area contributed by atoms with Crippen LogP contribution >= 0.6 is 11.3 Å². The van der Waals surface area contributed by atoms with E-state index in [-0.39, 0.29) is 0 Å². The lowest BCUT2D eigenvalue weighted by molar-refractivity contribution is 0.180. The summed E-state index contributed by atoms with van der Waals surface area (Å²) < 4.78 is 0. The van der Waals surface area contributed by atoms with Gasteiger partial charge in [-0.1, -0.05) is 30.3 Å². The van der Waals surface area contributed by atoms with Gasteiger partial charge in [-0.05, 0) is 16.8 Å². The van der Waals surface area contributed by atoms with Crippen molar-refractivity contribution in [2.45, 2.75) is 12.5 Å². The van der Waals surface area contributed by atoms with Crippen LogP contribution in [0.15, 0.2) is 54.2 Å². The molecule has 18 heavy (non-hydrogen) atoms. The summed E-state index contributed by atoms with van der Waals surface area (Å²) in [6.07, 6.45) is 3.74. The van der Waals surface area contributed by atoms with E-state index in [1.807, 2.05) is 48.0 Å². The molecule has 2 heterocycles. The molecule has 0 bridgehead atoms. The summed E-state index contributed by atoms with van der Waals surface area (Å²) >= 11 is 1.67. The van der Waals surface area contributed by atoms with Crippen molar-refractivity contribution >= 4 is 22.1 Å². The Morgan fingerprint density at radius 1 is 1.11 bits per heavy atom. The highest BCUT2D eigenvalue weighted by Gasteiger charge is 2.12. The molecular formula is C15H13NOS. The van der Waals surface area contributed by atoms with Crippen molar-refractivity contribution < 1.29 is 5.11 Å². The molecule has 0 saturated carbocycles. The number of aromatic nitrogens is 1. The average molecular weight is 255 g/mol. The van der Waals surface area contributed by atoms with Gasteiger partial charge in [-0.15, -0.1) is 11.3 Å². The topological polar surface area (TPSA) is 33.1 Å². The maximum absolute atomic E-state index is 10.4. The van der Waals surface area contributed by atoms with E-state index in [1.54, 1.807) is 17.5 Å². The minimum atomic E-state index is -0.498. The Morgan fingerprint density at radius 2 is 2.00 bits per heavy atom. The van der Waals surface area contributed by atoms with Gasteiger partial charge in [-0.3, -0.25) is 4.98 Å². The Hall–Kier alpha value is -1.71. The first kappa shape index (κ1) is 11.4. The summed E-state index contributed by atoms with van der Waals surface area (Å²) in [5.41, 5.74) is 0.904. The second-order valence-corrected chi connectivity index (χ2v) is 5.28. The molecule has 3 rings (SSSR count). The van der Waals surface area contributed by atoms with Crippen LogP contribution < -0.4 is 0 Å². The predicted octanol–water partition coefficient (Wildman–Crippen LogP) is 3.57. The van der Waals surface area contributed by atoms with Gasteiger partial charge in [0.2, 0.25) is 0 Å². The maximum Gasteiger partial charge on any atom is 0.0859 e. The molecule has 0 aliphatic carbocycles. The first-order chi connectivity index (χ1) is 8.84. The van der Waals surface area contributed by atoms with E-state index in [1.165, 1.54) is 4.88 Å². The minimum Gasteiger partial charge on any atom is -0.388 e. The normalized spacial score (nSPS) is 12.7. The zero-order valence-corrected chi connectivity index (χ0v) is 10.6. The quantitative estimate of drug-likeness (QED) is 0.776. The van der Waals surface area contributed by atoms with Gasteiger partial charge >= 0.3 is 0 Å². The maximum atomic E-state index is 10.4. The highest BCUT2D eigenvalue weighted by Crippen LogP contribution is 2.26. The lowest BCUT2D eigenvalue weighted by Gasteiger charge is -2.12. The largest absolute Gasteiger partial charge is 0.388 e. The second-order valence-electron chi connectivity index (χ2n) is 4.25. The number of fused-ring (bicyclic) bond motifs is 1. The lowest BCUT2D eigenvalue weighted by atomic mass is 10.0. The molecule has 2 aromatic heterocycles. The van der Waals surface area contributed by atoms with Crippen molar-refractivity contribution in [2.75, 3.05) is 0 Å². The number of aliphatic hydroxyl groups excluding tert-OH is 1. The van der Waals surface area contributed by atoms with Gasteiger partial charge in [0.05, 0.1) is 6.10 Å². The Kier molecular flexibility index (Phi) is 3.09. The molecule has 0 saturated heterocycles. The molecule has 0 spiro atoms. The minimum absolute atomic E-state index is 0.498. The Balaban J connectivity index is 1.98. The zero-order valence-electron chi connectivity index (χ0n) is 9.78. The number of hydrogen-bond acceptors (Lipinski definition) is 3. The Labute approximate surface area is 110 Å². The van der Waals surface area contributed by atoms with Gasteiger partial charge in [0.1, 0.15) is 0 Å². The van der Waals surface area contributed by atoms with Crippen LogP contribution in [0.25, 0.3) is 10.8 Å². The molecule has 90 valence electrons. The fraction of sp³-hybridized carbons (Fsp3) is 0.133. The van der Waals surface area contributed by atoms with Crippen molar-refractivity contribution in [3.05, 3.63) is 64.6 Å². The monoisotopic (exact) mass is 255 g/mol. The molecule has 1 atom stereocenters. The van der Waals surface area contributed by atoms with Crippen LogP contribution in [-0.4, -0.2) is 10.1 Å².